The first-order valence-corrected chi connectivity index (χ1v) is 5.43. The van der Waals surface area contributed by atoms with Crippen molar-refractivity contribution in [2.45, 2.75) is 64.7 Å². The highest BCUT2D eigenvalue weighted by Gasteiger charge is 2.15. The summed E-state index contributed by atoms with van der Waals surface area (Å²) in [6.45, 7) is 2.28. The summed E-state index contributed by atoms with van der Waals surface area (Å²) in [6, 6.07) is 0. The van der Waals surface area contributed by atoms with Gasteiger partial charge in [0.15, 0.2) is 0 Å². The van der Waals surface area contributed by atoms with Crippen LogP contribution in [-0.4, -0.2) is 0 Å². The molecule has 0 spiro atoms. The van der Waals surface area contributed by atoms with Gasteiger partial charge in [0.2, 0.25) is 0 Å². The molecular formula is C11H25N. The molecular weight excluding hydrogens is 146 g/mol. The second kappa shape index (κ2) is 7.60. The Morgan fingerprint density at radius 1 is 1.00 bits per heavy atom. The zero-order valence-corrected chi connectivity index (χ0v) is 8.65. The molecule has 1 aliphatic rings. The van der Waals surface area contributed by atoms with Crippen molar-refractivity contribution in [2.24, 2.45) is 5.92 Å². The van der Waals surface area contributed by atoms with Crippen molar-refractivity contribution in [1.82, 2.24) is 6.15 Å². The molecule has 0 aromatic carbocycles. The minimum Gasteiger partial charge on any atom is -0.344 e. The van der Waals surface area contributed by atoms with Gasteiger partial charge in [-0.1, -0.05) is 64.7 Å². The molecule has 74 valence electrons. The summed E-state index contributed by atoms with van der Waals surface area (Å²) in [6.07, 6.45) is 13.4. The number of unbranched alkanes of at least 4 members (excludes halogenated alkanes) is 4. The normalized spacial score (nSPS) is 16.8. The maximum atomic E-state index is 2.28. The van der Waals surface area contributed by atoms with Crippen LogP contribution in [0.15, 0.2) is 0 Å². The maximum absolute atomic E-state index is 2.28. The van der Waals surface area contributed by atoms with E-state index < -0.39 is 0 Å². The third-order valence-electron chi connectivity index (χ3n) is 2.94. The first-order chi connectivity index (χ1) is 5.43. The fourth-order valence-corrected chi connectivity index (χ4v) is 1.82. The lowest BCUT2D eigenvalue weighted by Gasteiger charge is -2.24. The molecule has 1 heteroatoms. The molecule has 0 unspecified atom stereocenters. The van der Waals surface area contributed by atoms with Crippen LogP contribution in [0.5, 0.6) is 0 Å². The Hall–Kier alpha value is -0.0400. The summed E-state index contributed by atoms with van der Waals surface area (Å²) in [7, 11) is 0. The van der Waals surface area contributed by atoms with Gasteiger partial charge in [0.1, 0.15) is 0 Å². The molecule has 3 N–H and O–H groups in total. The second-order valence-electron chi connectivity index (χ2n) is 4.00. The Morgan fingerprint density at radius 2 is 1.67 bits per heavy atom. The molecule has 1 saturated carbocycles. The van der Waals surface area contributed by atoms with Crippen LogP contribution in [0.3, 0.4) is 0 Å². The van der Waals surface area contributed by atoms with Crippen LogP contribution in [0, 0.1) is 5.92 Å². The van der Waals surface area contributed by atoms with Crippen molar-refractivity contribution in [1.29, 1.82) is 0 Å². The molecule has 0 aromatic rings. The molecule has 1 nitrogen and oxygen atoms in total. The summed E-state index contributed by atoms with van der Waals surface area (Å²) in [5, 5.41) is 0. The van der Waals surface area contributed by atoms with E-state index >= 15 is 0 Å². The Bertz CT molecular complexity index is 87.0. The van der Waals surface area contributed by atoms with Crippen molar-refractivity contribution < 1.29 is 0 Å². The van der Waals surface area contributed by atoms with Crippen LogP contribution in [0.4, 0.5) is 0 Å². The molecule has 1 rings (SSSR count). The van der Waals surface area contributed by atoms with Crippen LogP contribution < -0.4 is 6.15 Å². The van der Waals surface area contributed by atoms with E-state index in [0.29, 0.717) is 0 Å². The van der Waals surface area contributed by atoms with E-state index in [2.05, 4.69) is 6.92 Å². The first-order valence-electron chi connectivity index (χ1n) is 5.43. The quantitative estimate of drug-likeness (QED) is 0.594. The molecule has 1 fully saturated rings. The van der Waals surface area contributed by atoms with E-state index in [-0.39, 0.29) is 6.15 Å². The van der Waals surface area contributed by atoms with Gasteiger partial charge in [-0.2, -0.15) is 0 Å². The molecule has 0 heterocycles. The predicted molar refractivity (Wildman–Crippen MR) is 55.7 cm³/mol. The van der Waals surface area contributed by atoms with E-state index in [1.807, 2.05) is 0 Å². The van der Waals surface area contributed by atoms with E-state index in [1.165, 1.54) is 57.8 Å². The molecule has 0 radical (unpaired) electrons. The van der Waals surface area contributed by atoms with Crippen molar-refractivity contribution in [3.05, 3.63) is 0 Å². The minimum absolute atomic E-state index is 0. The van der Waals surface area contributed by atoms with Crippen LogP contribution in [0.2, 0.25) is 0 Å². The molecule has 0 atom stereocenters. The Balaban J connectivity index is 0.00000121. The van der Waals surface area contributed by atoms with Crippen molar-refractivity contribution in [3.63, 3.8) is 0 Å². The Morgan fingerprint density at radius 3 is 2.17 bits per heavy atom. The second-order valence-corrected chi connectivity index (χ2v) is 4.00. The molecule has 1 aliphatic carbocycles. The molecule has 12 heavy (non-hydrogen) atoms. The van der Waals surface area contributed by atoms with Gasteiger partial charge in [-0.3, -0.25) is 0 Å². The van der Waals surface area contributed by atoms with Gasteiger partial charge in [0, 0.05) is 0 Å². The molecule has 0 aromatic heterocycles. The van der Waals surface area contributed by atoms with Gasteiger partial charge in [-0.15, -0.1) is 0 Å². The minimum atomic E-state index is 0. The van der Waals surface area contributed by atoms with Crippen LogP contribution >= 0.6 is 0 Å². The average Bonchev–Trinajstić information content (AvgIpc) is 1.93. The summed E-state index contributed by atoms with van der Waals surface area (Å²) in [4.78, 5) is 0. The maximum Gasteiger partial charge on any atom is -0.0414 e. The monoisotopic (exact) mass is 171 g/mol. The zero-order valence-electron chi connectivity index (χ0n) is 8.65. The fourth-order valence-electron chi connectivity index (χ4n) is 1.82. The van der Waals surface area contributed by atoms with Crippen LogP contribution in [0.25, 0.3) is 0 Å². The number of rotatable bonds is 6. The lowest BCUT2D eigenvalue weighted by Crippen LogP contribution is -2.10. The van der Waals surface area contributed by atoms with E-state index in [9.17, 15) is 0 Å². The highest BCUT2D eigenvalue weighted by Crippen LogP contribution is 2.30. The van der Waals surface area contributed by atoms with Gasteiger partial charge in [0.25, 0.3) is 0 Å². The Kier molecular flexibility index (Phi) is 7.58. The van der Waals surface area contributed by atoms with Crippen molar-refractivity contribution >= 4 is 0 Å². The number of hydrogen-bond acceptors (Lipinski definition) is 1. The molecule has 0 bridgehead atoms. The van der Waals surface area contributed by atoms with Crippen LogP contribution in [-0.2, 0) is 0 Å². The third kappa shape index (κ3) is 4.76. The average molecular weight is 171 g/mol. The Labute approximate surface area is 77.5 Å². The summed E-state index contributed by atoms with van der Waals surface area (Å²) in [5.74, 6) is 1.14. The zero-order chi connectivity index (χ0) is 7.94. The van der Waals surface area contributed by atoms with Crippen molar-refractivity contribution in [2.75, 3.05) is 0 Å². The summed E-state index contributed by atoms with van der Waals surface area (Å²) >= 11 is 0. The fraction of sp³-hybridized carbons (Fsp3) is 1.00. The van der Waals surface area contributed by atoms with Crippen LogP contribution in [0.1, 0.15) is 64.7 Å². The highest BCUT2D eigenvalue weighted by molar-refractivity contribution is 4.68. The topological polar surface area (TPSA) is 35.0 Å². The predicted octanol–water partition coefficient (Wildman–Crippen LogP) is 4.31. The van der Waals surface area contributed by atoms with E-state index in [4.69, 9.17) is 0 Å². The van der Waals surface area contributed by atoms with Gasteiger partial charge in [0.05, 0.1) is 0 Å². The van der Waals surface area contributed by atoms with E-state index in [0.717, 1.165) is 5.92 Å². The molecule has 0 aliphatic heterocycles. The molecule has 0 amide bonds. The largest absolute Gasteiger partial charge is 0.344 e. The van der Waals surface area contributed by atoms with E-state index in [1.54, 1.807) is 0 Å². The summed E-state index contributed by atoms with van der Waals surface area (Å²) < 4.78 is 0. The SMILES string of the molecule is CCCCCCCC1CCC1.N. The number of hydrogen-bond donors (Lipinski definition) is 1. The molecule has 0 saturated heterocycles. The first kappa shape index (κ1) is 12.0. The smallest absolute Gasteiger partial charge is 0.0414 e. The van der Waals surface area contributed by atoms with Gasteiger partial charge in [-0.05, 0) is 5.92 Å². The highest BCUT2D eigenvalue weighted by atomic mass is 14.2. The van der Waals surface area contributed by atoms with Gasteiger partial charge >= 0.3 is 0 Å². The van der Waals surface area contributed by atoms with Gasteiger partial charge < -0.3 is 6.15 Å². The lowest BCUT2D eigenvalue weighted by molar-refractivity contribution is 0.286. The third-order valence-corrected chi connectivity index (χ3v) is 2.94. The van der Waals surface area contributed by atoms with Gasteiger partial charge in [-0.25, -0.2) is 0 Å². The standard InChI is InChI=1S/C11H22.H3N/c1-2-3-4-5-6-8-11-9-7-10-11;/h11H,2-10H2,1H3;1H3. The summed E-state index contributed by atoms with van der Waals surface area (Å²) in [5.41, 5.74) is 0. The lowest BCUT2D eigenvalue weighted by atomic mass is 9.82. The van der Waals surface area contributed by atoms with Crippen molar-refractivity contribution in [3.8, 4) is 0 Å².